The Hall–Kier alpha value is -3.63. The molecule has 0 spiro atoms. The summed E-state index contributed by atoms with van der Waals surface area (Å²) in [6.45, 7) is 3.89. The number of rotatable bonds is 9. The number of hydrogen-bond acceptors (Lipinski definition) is 5. The average Bonchev–Trinajstić information content (AvgIpc) is 3.57. The zero-order valence-corrected chi connectivity index (χ0v) is 21.2. The molecule has 2 amide bonds. The number of benzene rings is 1. The number of aryl methyl sites for hydroxylation is 1. The molecule has 2 aromatic heterocycles. The van der Waals surface area contributed by atoms with Crippen molar-refractivity contribution in [3.63, 3.8) is 0 Å². The van der Waals surface area contributed by atoms with Gasteiger partial charge in [0.05, 0.1) is 23.7 Å². The van der Waals surface area contributed by atoms with Crippen molar-refractivity contribution in [2.75, 3.05) is 6.61 Å². The van der Waals surface area contributed by atoms with E-state index >= 15 is 0 Å². The van der Waals surface area contributed by atoms with Gasteiger partial charge in [-0.05, 0) is 50.3 Å². The number of fused-ring (bicyclic) bond motifs is 1. The minimum absolute atomic E-state index is 0.125. The summed E-state index contributed by atoms with van der Waals surface area (Å²) in [6.07, 6.45) is 0.134. The van der Waals surface area contributed by atoms with E-state index in [1.165, 1.54) is 24.5 Å². The molecule has 38 heavy (non-hydrogen) atoms. The molecule has 0 bridgehead atoms. The van der Waals surface area contributed by atoms with Crippen LogP contribution in [0.25, 0.3) is 22.3 Å². The van der Waals surface area contributed by atoms with Crippen LogP contribution >= 0.6 is 0 Å². The average molecular weight is 530 g/mol. The Morgan fingerprint density at radius 2 is 1.97 bits per heavy atom. The number of ether oxygens (including phenoxy) is 1. The zero-order chi connectivity index (χ0) is 27.0. The van der Waals surface area contributed by atoms with E-state index < -0.39 is 24.5 Å². The molecule has 3 N–H and O–H groups in total. The summed E-state index contributed by atoms with van der Waals surface area (Å²) in [6, 6.07) is 3.09. The Balaban J connectivity index is 1.45. The number of nitrogens with one attached hydrogen (secondary N) is 3. The summed E-state index contributed by atoms with van der Waals surface area (Å²) in [5, 5.41) is 5.53. The van der Waals surface area contributed by atoms with Gasteiger partial charge in [0.2, 0.25) is 5.91 Å². The Morgan fingerprint density at radius 1 is 1.18 bits per heavy atom. The molecule has 8 nitrogen and oxygen atoms in total. The fraction of sp³-hybridized carbons (Fsp3) is 0.481. The predicted octanol–water partition coefficient (Wildman–Crippen LogP) is 4.78. The van der Waals surface area contributed by atoms with Crippen molar-refractivity contribution in [3.8, 4) is 17.0 Å². The standard InChI is InChI=1S/C27H30F3N5O3/c1-3-21(36)34-16-9-18(28)19(10-16)35-27(37)22-13(2)33-25-23(31-12-32-24(22)25)17-8-15(26(29)30)6-7-20(17)38-11-14-4-5-14/h6-8,12,14,16,18-19,26,33H,3-5,9-11H2,1-2H3,(H,34,36)(H,35,37). The molecule has 2 saturated carbocycles. The molecule has 202 valence electrons. The molecule has 2 heterocycles. The van der Waals surface area contributed by atoms with E-state index in [-0.39, 0.29) is 35.9 Å². The number of carbonyl (C=O) groups is 2. The van der Waals surface area contributed by atoms with Gasteiger partial charge in [0.1, 0.15) is 29.5 Å². The fourth-order valence-electron chi connectivity index (χ4n) is 4.91. The van der Waals surface area contributed by atoms with Crippen LogP contribution < -0.4 is 15.4 Å². The number of carbonyl (C=O) groups excluding carboxylic acids is 2. The van der Waals surface area contributed by atoms with Crippen LogP contribution in [0.4, 0.5) is 13.2 Å². The minimum Gasteiger partial charge on any atom is -0.493 e. The summed E-state index contributed by atoms with van der Waals surface area (Å²) in [5.41, 5.74) is 1.93. The van der Waals surface area contributed by atoms with Crippen LogP contribution in [-0.2, 0) is 4.79 Å². The number of nitrogens with zero attached hydrogens (tertiary/aromatic N) is 2. The second kappa shape index (κ2) is 10.6. The molecule has 2 aliphatic carbocycles. The Labute approximate surface area is 217 Å². The third-order valence-electron chi connectivity index (χ3n) is 7.17. The van der Waals surface area contributed by atoms with Gasteiger partial charge in [-0.1, -0.05) is 6.92 Å². The molecule has 3 aromatic rings. The van der Waals surface area contributed by atoms with Gasteiger partial charge in [0.25, 0.3) is 12.3 Å². The first-order valence-electron chi connectivity index (χ1n) is 12.9. The molecular weight excluding hydrogens is 499 g/mol. The van der Waals surface area contributed by atoms with E-state index in [2.05, 4.69) is 25.6 Å². The quantitative estimate of drug-likeness (QED) is 0.370. The highest BCUT2D eigenvalue weighted by Crippen LogP contribution is 2.38. The number of aromatic amines is 1. The number of aromatic nitrogens is 3. The van der Waals surface area contributed by atoms with Gasteiger partial charge in [-0.2, -0.15) is 0 Å². The van der Waals surface area contributed by atoms with Crippen LogP contribution in [0.2, 0.25) is 0 Å². The normalized spacial score (nSPS) is 21.2. The molecular formula is C27H30F3N5O3. The lowest BCUT2D eigenvalue weighted by molar-refractivity contribution is -0.121. The first kappa shape index (κ1) is 26.0. The van der Waals surface area contributed by atoms with Gasteiger partial charge in [-0.15, -0.1) is 0 Å². The molecule has 1 aromatic carbocycles. The SMILES string of the molecule is CCC(=O)NC1CC(F)C(NC(=O)c2c(C)[nH]c3c(-c4cc(C(F)F)ccc4OCC4CC4)ncnc23)C1. The van der Waals surface area contributed by atoms with Gasteiger partial charge in [0.15, 0.2) is 0 Å². The maximum atomic E-state index is 14.7. The highest BCUT2D eigenvalue weighted by molar-refractivity contribution is 6.09. The minimum atomic E-state index is -2.68. The van der Waals surface area contributed by atoms with Gasteiger partial charge < -0.3 is 20.4 Å². The molecule has 11 heteroatoms. The van der Waals surface area contributed by atoms with Gasteiger partial charge in [-0.25, -0.2) is 23.1 Å². The van der Waals surface area contributed by atoms with Crippen molar-refractivity contribution >= 4 is 22.8 Å². The maximum absolute atomic E-state index is 14.7. The summed E-state index contributed by atoms with van der Waals surface area (Å²) in [4.78, 5) is 36.8. The molecule has 3 atom stereocenters. The smallest absolute Gasteiger partial charge is 0.263 e. The molecule has 5 rings (SSSR count). The summed E-state index contributed by atoms with van der Waals surface area (Å²) in [7, 11) is 0. The molecule has 0 radical (unpaired) electrons. The van der Waals surface area contributed by atoms with Crippen molar-refractivity contribution in [2.24, 2.45) is 5.92 Å². The second-order valence-electron chi connectivity index (χ2n) is 10.1. The topological polar surface area (TPSA) is 109 Å². The van der Waals surface area contributed by atoms with Crippen LogP contribution in [0.15, 0.2) is 24.5 Å². The van der Waals surface area contributed by atoms with Crippen molar-refractivity contribution < 1.29 is 27.5 Å². The van der Waals surface area contributed by atoms with E-state index in [9.17, 15) is 22.8 Å². The van der Waals surface area contributed by atoms with Gasteiger partial charge in [0, 0.05) is 35.7 Å². The summed E-state index contributed by atoms with van der Waals surface area (Å²) < 4.78 is 47.8. The number of hydrogen-bond donors (Lipinski definition) is 3. The van der Waals surface area contributed by atoms with E-state index in [1.54, 1.807) is 13.8 Å². The van der Waals surface area contributed by atoms with Gasteiger partial charge in [-0.3, -0.25) is 9.59 Å². The lowest BCUT2D eigenvalue weighted by Gasteiger charge is -2.15. The predicted molar refractivity (Wildman–Crippen MR) is 135 cm³/mol. The third kappa shape index (κ3) is 5.32. The molecule has 2 aliphatic rings. The van der Waals surface area contributed by atoms with Crippen LogP contribution in [0.1, 0.15) is 67.1 Å². The van der Waals surface area contributed by atoms with Crippen LogP contribution in [0.5, 0.6) is 5.75 Å². The van der Waals surface area contributed by atoms with E-state index in [0.717, 1.165) is 12.8 Å². The lowest BCUT2D eigenvalue weighted by atomic mass is 10.0. The number of H-pyrrole nitrogens is 1. The summed E-state index contributed by atoms with van der Waals surface area (Å²) in [5.74, 6) is 0.198. The Bertz CT molecular complexity index is 1360. The van der Waals surface area contributed by atoms with E-state index in [4.69, 9.17) is 4.74 Å². The van der Waals surface area contributed by atoms with Crippen molar-refractivity contribution in [1.82, 2.24) is 25.6 Å². The molecule has 3 unspecified atom stereocenters. The zero-order valence-electron chi connectivity index (χ0n) is 21.2. The number of halogens is 3. The number of amides is 2. The highest BCUT2D eigenvalue weighted by Gasteiger charge is 2.37. The maximum Gasteiger partial charge on any atom is 0.263 e. The third-order valence-corrected chi connectivity index (χ3v) is 7.17. The van der Waals surface area contributed by atoms with E-state index in [1.807, 2.05) is 0 Å². The Kier molecular flexibility index (Phi) is 7.27. The molecule has 2 fully saturated rings. The van der Waals surface area contributed by atoms with Crippen LogP contribution in [0.3, 0.4) is 0 Å². The first-order valence-corrected chi connectivity index (χ1v) is 12.9. The van der Waals surface area contributed by atoms with Crippen molar-refractivity contribution in [1.29, 1.82) is 0 Å². The Morgan fingerprint density at radius 3 is 2.68 bits per heavy atom. The monoisotopic (exact) mass is 529 g/mol. The first-order chi connectivity index (χ1) is 18.2. The van der Waals surface area contributed by atoms with E-state index in [0.29, 0.717) is 52.7 Å². The summed E-state index contributed by atoms with van der Waals surface area (Å²) >= 11 is 0. The van der Waals surface area contributed by atoms with Crippen LogP contribution in [0, 0.1) is 12.8 Å². The lowest BCUT2D eigenvalue weighted by Crippen LogP contribution is -2.39. The van der Waals surface area contributed by atoms with Crippen molar-refractivity contribution in [3.05, 3.63) is 41.3 Å². The van der Waals surface area contributed by atoms with Crippen molar-refractivity contribution in [2.45, 2.75) is 70.6 Å². The fourth-order valence-corrected chi connectivity index (χ4v) is 4.91. The number of alkyl halides is 3. The molecule has 0 aliphatic heterocycles. The molecule has 0 saturated heterocycles. The van der Waals surface area contributed by atoms with Crippen LogP contribution in [-0.4, -0.2) is 51.6 Å². The largest absolute Gasteiger partial charge is 0.493 e. The van der Waals surface area contributed by atoms with Gasteiger partial charge >= 0.3 is 0 Å². The second-order valence-corrected chi connectivity index (χ2v) is 10.1. The highest BCUT2D eigenvalue weighted by atomic mass is 19.3.